The number of piperidine rings is 1. The van der Waals surface area contributed by atoms with E-state index in [9.17, 15) is 9.59 Å². The van der Waals surface area contributed by atoms with Gasteiger partial charge < -0.3 is 40.1 Å². The summed E-state index contributed by atoms with van der Waals surface area (Å²) in [6, 6.07) is 28.6. The van der Waals surface area contributed by atoms with Crippen molar-refractivity contribution in [3.8, 4) is 11.5 Å². The summed E-state index contributed by atoms with van der Waals surface area (Å²) in [4.78, 5) is 51.2. The predicted octanol–water partition coefficient (Wildman–Crippen LogP) is 7.14. The van der Waals surface area contributed by atoms with Crippen molar-refractivity contribution in [1.29, 1.82) is 0 Å². The highest BCUT2D eigenvalue weighted by atomic mass is 16.5. The number of fused-ring (bicyclic) bond motifs is 4. The highest BCUT2D eigenvalue weighted by Gasteiger charge is 2.39. The maximum atomic E-state index is 12.4. The number of benzene rings is 4. The van der Waals surface area contributed by atoms with Crippen LogP contribution in [0.25, 0.3) is 21.8 Å². The number of ether oxygens (including phenoxy) is 2. The first kappa shape index (κ1) is 42.9. The van der Waals surface area contributed by atoms with Gasteiger partial charge >= 0.3 is 0 Å². The van der Waals surface area contributed by atoms with Gasteiger partial charge in [0.2, 0.25) is 11.9 Å². The highest BCUT2D eigenvalue weighted by Crippen LogP contribution is 2.31. The average molecular weight is 863 g/mol. The number of nitrogens with one attached hydrogen (secondary N) is 3. The minimum absolute atomic E-state index is 0.0388. The highest BCUT2D eigenvalue weighted by molar-refractivity contribution is 5.96. The number of nitrogens with zero attached hydrogens (tertiary/aromatic N) is 7. The lowest BCUT2D eigenvalue weighted by atomic mass is 10.0. The number of piperazine rings is 1. The molecule has 14 nitrogen and oxygen atoms in total. The Bertz CT molecular complexity index is 2610. The van der Waals surface area contributed by atoms with Gasteiger partial charge in [0.25, 0.3) is 11.8 Å². The van der Waals surface area contributed by atoms with Crippen molar-refractivity contribution in [3.05, 3.63) is 107 Å². The van der Waals surface area contributed by atoms with E-state index < -0.39 is 0 Å². The summed E-state index contributed by atoms with van der Waals surface area (Å²) in [7, 11) is 0. The standard InChI is InChI=1S/C27H33N5O2.C23H25N5O2/c1-19-5-8-23(9-6-19)34-18-26(33)29-21-7-10-25-24(17-21)20(2)28-27(30-25)32-15-11-22(12-16-32)31-13-3-4-14-31;1-14-3-6-19(7-4-14)30-13-22(29)26-16-5-8-21-20(10-16)15(2)25-23(27-21)28-12-17-9-18(28)11-24-17/h5-10,17,22H,3-4,11-16,18H2,1-2H3,(H,29,33);3-8,10,17-18,24H,9,11-13H2,1-2H3,(H,26,29). The monoisotopic (exact) mass is 862 g/mol. The Morgan fingerprint density at radius 1 is 0.641 bits per heavy atom. The Morgan fingerprint density at radius 3 is 1.66 bits per heavy atom. The van der Waals surface area contributed by atoms with Crippen molar-refractivity contribution in [1.82, 2.24) is 30.2 Å². The van der Waals surface area contributed by atoms with E-state index in [1.165, 1.54) is 38.8 Å². The van der Waals surface area contributed by atoms with Crippen LogP contribution in [0.5, 0.6) is 11.5 Å². The smallest absolute Gasteiger partial charge is 0.262 e. The molecule has 2 atom stereocenters. The molecule has 4 aliphatic heterocycles. The fraction of sp³-hybridized carbons (Fsp3) is 0.400. The van der Waals surface area contributed by atoms with Crippen molar-refractivity contribution < 1.29 is 19.1 Å². The molecule has 0 radical (unpaired) electrons. The van der Waals surface area contributed by atoms with Gasteiger partial charge in [0.05, 0.1) is 22.4 Å². The minimum atomic E-state index is -0.203. The number of anilines is 4. The van der Waals surface area contributed by atoms with Crippen LogP contribution in [0.15, 0.2) is 84.9 Å². The third-order valence-corrected chi connectivity index (χ3v) is 12.8. The first-order chi connectivity index (χ1) is 31.1. The van der Waals surface area contributed by atoms with Gasteiger partial charge in [-0.15, -0.1) is 0 Å². The van der Waals surface area contributed by atoms with Crippen LogP contribution in [-0.2, 0) is 9.59 Å². The fourth-order valence-corrected chi connectivity index (χ4v) is 9.26. The number of rotatable bonds is 11. The Labute approximate surface area is 374 Å². The maximum absolute atomic E-state index is 12.4. The average Bonchev–Trinajstić information content (AvgIpc) is 4.11. The lowest BCUT2D eigenvalue weighted by molar-refractivity contribution is -0.118. The molecule has 0 saturated carbocycles. The molecule has 6 aromatic rings. The lowest BCUT2D eigenvalue weighted by Gasteiger charge is -2.36. The molecule has 4 saturated heterocycles. The number of aryl methyl sites for hydroxylation is 4. The summed E-state index contributed by atoms with van der Waals surface area (Å²) in [5.41, 5.74) is 7.37. The third kappa shape index (κ3) is 10.2. The van der Waals surface area contributed by atoms with E-state index in [-0.39, 0.29) is 25.0 Å². The van der Waals surface area contributed by atoms with E-state index in [2.05, 4.69) is 30.7 Å². The third-order valence-electron chi connectivity index (χ3n) is 12.8. The summed E-state index contributed by atoms with van der Waals surface area (Å²) < 4.78 is 11.1. The second-order valence-corrected chi connectivity index (χ2v) is 17.6. The molecule has 64 heavy (non-hydrogen) atoms. The van der Waals surface area contributed by atoms with Crippen LogP contribution in [0.4, 0.5) is 23.3 Å². The number of amides is 2. The van der Waals surface area contributed by atoms with E-state index in [1.54, 1.807) is 0 Å². The lowest BCUT2D eigenvalue weighted by Crippen LogP contribution is -2.44. The van der Waals surface area contributed by atoms with E-state index in [0.717, 1.165) is 94.5 Å². The van der Waals surface area contributed by atoms with Crippen LogP contribution in [0, 0.1) is 27.7 Å². The van der Waals surface area contributed by atoms with Crippen LogP contribution in [0.3, 0.4) is 0 Å². The van der Waals surface area contributed by atoms with E-state index in [1.807, 2.05) is 113 Å². The first-order valence-electron chi connectivity index (χ1n) is 22.6. The Hall–Kier alpha value is -6.38. The van der Waals surface area contributed by atoms with Crippen molar-refractivity contribution in [2.75, 3.05) is 72.9 Å². The van der Waals surface area contributed by atoms with E-state index in [0.29, 0.717) is 35.3 Å². The molecule has 4 fully saturated rings. The van der Waals surface area contributed by atoms with Crippen molar-refractivity contribution >= 4 is 56.9 Å². The molecule has 4 aromatic carbocycles. The number of aromatic nitrogens is 4. The van der Waals surface area contributed by atoms with Crippen LogP contribution >= 0.6 is 0 Å². The van der Waals surface area contributed by atoms with E-state index >= 15 is 0 Å². The van der Waals surface area contributed by atoms with Crippen LogP contribution < -0.4 is 35.2 Å². The van der Waals surface area contributed by atoms with Crippen molar-refractivity contribution in [3.63, 3.8) is 0 Å². The minimum Gasteiger partial charge on any atom is -0.484 e. The summed E-state index contributed by atoms with van der Waals surface area (Å²) in [6.07, 6.45) is 6.20. The summed E-state index contributed by atoms with van der Waals surface area (Å²) >= 11 is 0. The van der Waals surface area contributed by atoms with Crippen LogP contribution in [-0.4, -0.2) is 107 Å². The number of hydrogen-bond donors (Lipinski definition) is 3. The zero-order chi connectivity index (χ0) is 44.2. The van der Waals surface area contributed by atoms with Gasteiger partial charge in [-0.2, -0.15) is 0 Å². The first-order valence-corrected chi connectivity index (χ1v) is 22.6. The molecule has 14 heteroatoms. The Morgan fingerprint density at radius 2 is 1.16 bits per heavy atom. The SMILES string of the molecule is Cc1ccc(OCC(=O)Nc2ccc3nc(N4CC5CC4CN5)nc(C)c3c2)cc1.Cc1ccc(OCC(=O)Nc2ccc3nc(N4CCC(N5CCCC5)CC4)nc(C)c3c2)cc1. The maximum Gasteiger partial charge on any atom is 0.262 e. The van der Waals surface area contributed by atoms with Gasteiger partial charge in [0.1, 0.15) is 11.5 Å². The molecule has 0 spiro atoms. The van der Waals surface area contributed by atoms with Gasteiger partial charge in [0, 0.05) is 66.5 Å². The topological polar surface area (TPSA) is 150 Å². The van der Waals surface area contributed by atoms with E-state index in [4.69, 9.17) is 29.4 Å². The molecule has 3 N–H and O–H groups in total. The summed E-state index contributed by atoms with van der Waals surface area (Å²) in [6.45, 7) is 14.4. The second-order valence-electron chi connectivity index (χ2n) is 17.6. The van der Waals surface area contributed by atoms with Gasteiger partial charge in [0.15, 0.2) is 13.2 Å². The molecule has 4 aliphatic rings. The largest absolute Gasteiger partial charge is 0.484 e. The summed E-state index contributed by atoms with van der Waals surface area (Å²) in [5, 5.41) is 11.2. The summed E-state index contributed by atoms with van der Waals surface area (Å²) in [5.74, 6) is 2.57. The van der Waals surface area contributed by atoms with Crippen LogP contribution in [0.1, 0.15) is 54.6 Å². The normalized spacial score (nSPS) is 18.6. The Balaban J connectivity index is 0.000000163. The molecule has 6 heterocycles. The molecular formula is C50H58N10O4. The molecule has 0 aliphatic carbocycles. The molecule has 332 valence electrons. The molecule has 2 unspecified atom stereocenters. The van der Waals surface area contributed by atoms with Gasteiger partial charge in [-0.3, -0.25) is 9.59 Å². The van der Waals surface area contributed by atoms with Gasteiger partial charge in [-0.1, -0.05) is 35.4 Å². The predicted molar refractivity (Wildman–Crippen MR) is 253 cm³/mol. The second kappa shape index (κ2) is 19.2. The van der Waals surface area contributed by atoms with Crippen molar-refractivity contribution in [2.45, 2.75) is 77.9 Å². The van der Waals surface area contributed by atoms with Crippen LogP contribution in [0.2, 0.25) is 0 Å². The molecular weight excluding hydrogens is 805 g/mol. The van der Waals surface area contributed by atoms with Gasteiger partial charge in [-0.05, 0) is 134 Å². The fourth-order valence-electron chi connectivity index (χ4n) is 9.26. The zero-order valence-electron chi connectivity index (χ0n) is 37.3. The number of hydrogen-bond acceptors (Lipinski definition) is 12. The molecule has 10 rings (SSSR count). The molecule has 2 bridgehead atoms. The van der Waals surface area contributed by atoms with Crippen molar-refractivity contribution in [2.24, 2.45) is 0 Å². The Kier molecular flexibility index (Phi) is 12.8. The number of carbonyl (C=O) groups excluding carboxylic acids is 2. The molecule has 2 aromatic heterocycles. The van der Waals surface area contributed by atoms with Gasteiger partial charge in [-0.25, -0.2) is 19.9 Å². The molecule has 2 amide bonds. The zero-order valence-corrected chi connectivity index (χ0v) is 37.3. The number of likely N-dealkylation sites (tertiary alicyclic amines) is 1. The quantitative estimate of drug-likeness (QED) is 0.122. The number of carbonyl (C=O) groups is 2.